The number of carbonyl (C=O) groups is 1. The molecule has 7 nitrogen and oxygen atoms in total. The molecule has 2 aromatic rings. The van der Waals surface area contributed by atoms with Gasteiger partial charge in [-0.3, -0.25) is 0 Å². The molecule has 0 spiro atoms. The van der Waals surface area contributed by atoms with E-state index < -0.39 is 42.6 Å². The van der Waals surface area contributed by atoms with Gasteiger partial charge in [0, 0.05) is 55.5 Å². The fourth-order valence-corrected chi connectivity index (χ4v) is 3.51. The molecule has 1 saturated heterocycles. The zero-order valence-corrected chi connectivity index (χ0v) is 21.2. The van der Waals surface area contributed by atoms with E-state index >= 15 is 0 Å². The number of benzene rings is 2. The van der Waals surface area contributed by atoms with Crippen LogP contribution in [0.3, 0.4) is 0 Å². The molecule has 1 amide bonds. The van der Waals surface area contributed by atoms with E-state index in [1.165, 1.54) is 12.2 Å². The molecule has 3 rings (SSSR count). The number of aliphatic hydroxyl groups is 1. The minimum atomic E-state index is -0.813. The number of halogens is 4. The largest absolute Gasteiger partial charge is 0.489 e. The van der Waals surface area contributed by atoms with Crippen LogP contribution in [0.2, 0.25) is 0 Å². The summed E-state index contributed by atoms with van der Waals surface area (Å²) >= 11 is 0. The van der Waals surface area contributed by atoms with E-state index in [1.807, 2.05) is 6.92 Å². The van der Waals surface area contributed by atoms with Gasteiger partial charge in [0.2, 0.25) is 0 Å². The fourth-order valence-electron chi connectivity index (χ4n) is 3.51. The third-order valence-electron chi connectivity index (χ3n) is 5.52. The normalized spacial score (nSPS) is 14.7. The average Bonchev–Trinajstić information content (AvgIpc) is 2.90. The van der Waals surface area contributed by atoms with Crippen LogP contribution in [0.4, 0.5) is 22.4 Å². The summed E-state index contributed by atoms with van der Waals surface area (Å²) in [7, 11) is 0. The van der Waals surface area contributed by atoms with Gasteiger partial charge in [-0.1, -0.05) is 32.2 Å². The van der Waals surface area contributed by atoms with Gasteiger partial charge in [-0.15, -0.1) is 0 Å². The van der Waals surface area contributed by atoms with Gasteiger partial charge in [-0.25, -0.2) is 22.4 Å². The molecular formula is C27H32F4N2O5. The van der Waals surface area contributed by atoms with E-state index in [-0.39, 0.29) is 41.9 Å². The number of hydrogen-bond acceptors (Lipinski definition) is 6. The Morgan fingerprint density at radius 3 is 1.95 bits per heavy atom. The van der Waals surface area contributed by atoms with Gasteiger partial charge in [0.15, 0.2) is 0 Å². The summed E-state index contributed by atoms with van der Waals surface area (Å²) in [6.07, 6.45) is 3.16. The molecule has 0 aromatic heterocycles. The fraction of sp³-hybridized carbons (Fsp3) is 0.370. The van der Waals surface area contributed by atoms with Crippen molar-refractivity contribution in [3.05, 3.63) is 84.0 Å². The molecule has 0 unspecified atom stereocenters. The molecule has 0 bridgehead atoms. The van der Waals surface area contributed by atoms with Crippen molar-refractivity contribution in [2.75, 3.05) is 32.8 Å². The molecule has 2 N–H and O–H groups in total. The van der Waals surface area contributed by atoms with E-state index in [4.69, 9.17) is 19.3 Å². The highest BCUT2D eigenvalue weighted by Crippen LogP contribution is 2.23. The second-order valence-corrected chi connectivity index (χ2v) is 8.10. The molecule has 1 aliphatic heterocycles. The Kier molecular flexibility index (Phi) is 12.6. The first-order chi connectivity index (χ1) is 18.2. The van der Waals surface area contributed by atoms with Gasteiger partial charge in [-0.05, 0) is 6.42 Å². The van der Waals surface area contributed by atoms with E-state index in [9.17, 15) is 22.4 Å². The maximum atomic E-state index is 14.0. The lowest BCUT2D eigenvalue weighted by molar-refractivity contribution is 0.0699. The number of ether oxygens (including phenoxy) is 3. The Balaban J connectivity index is 0.000000308. The molecule has 1 atom stereocenters. The Morgan fingerprint density at radius 1 is 1.00 bits per heavy atom. The lowest BCUT2D eigenvalue weighted by Crippen LogP contribution is -2.53. The van der Waals surface area contributed by atoms with Crippen molar-refractivity contribution in [1.82, 2.24) is 10.2 Å². The lowest BCUT2D eigenvalue weighted by Gasteiger charge is -2.34. The molecule has 1 fully saturated rings. The average molecular weight is 541 g/mol. The number of aliphatic hydroxyl groups excluding tert-OH is 1. The number of carbonyl (C=O) groups excluding carboxylic acids is 1. The minimum absolute atomic E-state index is 0.0237. The Hall–Kier alpha value is -3.57. The summed E-state index contributed by atoms with van der Waals surface area (Å²) in [5.74, 6) is -3.10. The molecule has 38 heavy (non-hydrogen) atoms. The predicted molar refractivity (Wildman–Crippen MR) is 134 cm³/mol. The summed E-state index contributed by atoms with van der Waals surface area (Å²) in [5.41, 5.74) is -0.645. The number of nitrogens with one attached hydrogen (secondary N) is 1. The van der Waals surface area contributed by atoms with Crippen LogP contribution < -0.4 is 14.8 Å². The quantitative estimate of drug-likeness (QED) is 0.331. The van der Waals surface area contributed by atoms with Crippen molar-refractivity contribution >= 4 is 6.09 Å². The maximum Gasteiger partial charge on any atom is 0.410 e. The van der Waals surface area contributed by atoms with Crippen molar-refractivity contribution in [2.24, 2.45) is 0 Å². The molecule has 0 saturated carbocycles. The Bertz CT molecular complexity index is 1050. The predicted octanol–water partition coefficient (Wildman–Crippen LogP) is 4.87. The molecular weight excluding hydrogens is 508 g/mol. The highest BCUT2D eigenvalue weighted by Gasteiger charge is 2.27. The smallest absolute Gasteiger partial charge is 0.410 e. The molecule has 208 valence electrons. The highest BCUT2D eigenvalue weighted by atomic mass is 19.1. The van der Waals surface area contributed by atoms with Crippen LogP contribution in [0.25, 0.3) is 0 Å². The van der Waals surface area contributed by atoms with Crippen LogP contribution in [-0.2, 0) is 18.0 Å². The number of rotatable bonds is 10. The van der Waals surface area contributed by atoms with Crippen LogP contribution in [0.15, 0.2) is 49.6 Å². The molecule has 0 aliphatic carbocycles. The molecule has 1 heterocycles. The highest BCUT2D eigenvalue weighted by molar-refractivity contribution is 5.68. The summed E-state index contributed by atoms with van der Waals surface area (Å²) < 4.78 is 69.2. The standard InChI is InChI=1S/C17H22F2N2O3.C10H10F2O2/c1-3-7-23-13-8-15(18)14(16(19)9-13)11-24-17(22)21-6-5-20-10-12(21)4-2;1-2-3-14-7-4-9(11)8(6-13)10(12)5-7/h3,8-9,12,20H,1,4-7,10-11H2,2H3;2,4-5,13H,1,3,6H2/t12-;/m1./s1. The van der Waals surface area contributed by atoms with E-state index in [0.29, 0.717) is 19.6 Å². The van der Waals surface area contributed by atoms with E-state index in [1.54, 1.807) is 4.90 Å². The van der Waals surface area contributed by atoms with Crippen LogP contribution in [0.1, 0.15) is 24.5 Å². The zero-order valence-electron chi connectivity index (χ0n) is 21.2. The number of piperazine rings is 1. The van der Waals surface area contributed by atoms with Gasteiger partial charge in [-0.2, -0.15) is 0 Å². The summed E-state index contributed by atoms with van der Waals surface area (Å²) in [4.78, 5) is 13.8. The third kappa shape index (κ3) is 8.77. The van der Waals surface area contributed by atoms with Gasteiger partial charge < -0.3 is 29.5 Å². The van der Waals surface area contributed by atoms with Crippen molar-refractivity contribution in [2.45, 2.75) is 32.6 Å². The monoisotopic (exact) mass is 540 g/mol. The topological polar surface area (TPSA) is 80.3 Å². The second kappa shape index (κ2) is 15.6. The van der Waals surface area contributed by atoms with Gasteiger partial charge in [0.1, 0.15) is 54.6 Å². The second-order valence-electron chi connectivity index (χ2n) is 8.10. The van der Waals surface area contributed by atoms with Gasteiger partial charge in [0.05, 0.1) is 12.2 Å². The Morgan fingerprint density at radius 2 is 1.50 bits per heavy atom. The van der Waals surface area contributed by atoms with Crippen molar-refractivity contribution in [3.63, 3.8) is 0 Å². The SMILES string of the molecule is C=CCOc1cc(F)c(CO)c(F)c1.C=CCOc1cc(F)c(COC(=O)N2CCNC[C@H]2CC)c(F)c1. The summed E-state index contributed by atoms with van der Waals surface area (Å²) in [6, 6.07) is 4.21. The van der Waals surface area contributed by atoms with Crippen LogP contribution in [-0.4, -0.2) is 55.0 Å². The van der Waals surface area contributed by atoms with Gasteiger partial charge in [0.25, 0.3) is 0 Å². The van der Waals surface area contributed by atoms with E-state index in [2.05, 4.69) is 18.5 Å². The van der Waals surface area contributed by atoms with Crippen LogP contribution in [0.5, 0.6) is 11.5 Å². The summed E-state index contributed by atoms with van der Waals surface area (Å²) in [6.45, 7) is 9.90. The first kappa shape index (κ1) is 30.7. The maximum absolute atomic E-state index is 14.0. The van der Waals surface area contributed by atoms with Crippen molar-refractivity contribution in [3.8, 4) is 11.5 Å². The minimum Gasteiger partial charge on any atom is -0.489 e. The van der Waals surface area contributed by atoms with Gasteiger partial charge >= 0.3 is 6.09 Å². The van der Waals surface area contributed by atoms with Crippen LogP contribution >= 0.6 is 0 Å². The van der Waals surface area contributed by atoms with Crippen molar-refractivity contribution < 1.29 is 41.7 Å². The lowest BCUT2D eigenvalue weighted by atomic mass is 10.1. The summed E-state index contributed by atoms with van der Waals surface area (Å²) in [5, 5.41) is 11.8. The molecule has 1 aliphatic rings. The van der Waals surface area contributed by atoms with Crippen molar-refractivity contribution in [1.29, 1.82) is 0 Å². The molecule has 0 radical (unpaired) electrons. The molecule has 2 aromatic carbocycles. The Labute approximate surface area is 219 Å². The van der Waals surface area contributed by atoms with E-state index in [0.717, 1.165) is 30.7 Å². The number of amides is 1. The zero-order chi connectivity index (χ0) is 28.1. The molecule has 11 heteroatoms. The number of hydrogen-bond donors (Lipinski definition) is 2. The first-order valence-corrected chi connectivity index (χ1v) is 11.9. The van der Waals surface area contributed by atoms with Crippen LogP contribution in [0, 0.1) is 23.3 Å². The first-order valence-electron chi connectivity index (χ1n) is 11.9. The third-order valence-corrected chi connectivity index (χ3v) is 5.52. The number of nitrogens with zero attached hydrogens (tertiary/aromatic N) is 1.